The number of nitrogens with zero attached hydrogens (tertiary/aromatic N) is 1. The number of amides is 1. The Morgan fingerprint density at radius 2 is 2.05 bits per heavy atom. The number of benzene rings is 1. The minimum absolute atomic E-state index is 0.157. The highest BCUT2D eigenvalue weighted by atomic mass is 35.5. The van der Waals surface area contributed by atoms with E-state index in [2.05, 4.69) is 5.32 Å². The number of carbonyl (C=O) groups excluding carboxylic acids is 1. The average Bonchev–Trinajstić information content (AvgIpc) is 2.88. The Balaban J connectivity index is 1.87. The molecule has 116 valence electrons. The zero-order chi connectivity index (χ0) is 15.4. The molecule has 1 saturated heterocycles. The number of anilines is 1. The summed E-state index contributed by atoms with van der Waals surface area (Å²) in [4.78, 5) is 13.9. The molecule has 1 amide bonds. The topological polar surface area (TPSA) is 41.6 Å². The summed E-state index contributed by atoms with van der Waals surface area (Å²) < 4.78 is 5.54. The number of halogens is 3. The van der Waals surface area contributed by atoms with Gasteiger partial charge in [-0.3, -0.25) is 9.69 Å². The van der Waals surface area contributed by atoms with Crippen molar-refractivity contribution in [2.45, 2.75) is 18.9 Å². The predicted molar refractivity (Wildman–Crippen MR) is 86.6 cm³/mol. The van der Waals surface area contributed by atoms with Crippen LogP contribution in [0.5, 0.6) is 0 Å². The fourth-order valence-electron chi connectivity index (χ4n) is 2.25. The summed E-state index contributed by atoms with van der Waals surface area (Å²) in [6.45, 7) is 1.81. The maximum absolute atomic E-state index is 12.0. The van der Waals surface area contributed by atoms with E-state index in [1.807, 2.05) is 11.9 Å². The highest BCUT2D eigenvalue weighted by Crippen LogP contribution is 2.32. The first-order valence-corrected chi connectivity index (χ1v) is 7.83. The van der Waals surface area contributed by atoms with E-state index in [9.17, 15) is 4.79 Å². The van der Waals surface area contributed by atoms with Gasteiger partial charge in [0.05, 0.1) is 33.4 Å². The van der Waals surface area contributed by atoms with Crippen LogP contribution in [0.1, 0.15) is 12.8 Å². The highest BCUT2D eigenvalue weighted by molar-refractivity contribution is 6.44. The zero-order valence-corrected chi connectivity index (χ0v) is 13.9. The third kappa shape index (κ3) is 5.01. The number of likely N-dealkylation sites (N-methyl/N-ethyl adjacent to an activating group) is 1. The molecule has 1 fully saturated rings. The quantitative estimate of drug-likeness (QED) is 0.823. The smallest absolute Gasteiger partial charge is 0.238 e. The third-order valence-electron chi connectivity index (χ3n) is 3.24. The van der Waals surface area contributed by atoms with Gasteiger partial charge < -0.3 is 10.1 Å². The van der Waals surface area contributed by atoms with Crippen molar-refractivity contribution in [3.05, 3.63) is 27.2 Å². The van der Waals surface area contributed by atoms with E-state index in [0.29, 0.717) is 20.8 Å². The fraction of sp³-hybridized carbons (Fsp3) is 0.500. The van der Waals surface area contributed by atoms with Crippen LogP contribution in [0.15, 0.2) is 12.1 Å². The van der Waals surface area contributed by atoms with Crippen LogP contribution in [0.4, 0.5) is 5.69 Å². The van der Waals surface area contributed by atoms with Gasteiger partial charge in [0.1, 0.15) is 0 Å². The van der Waals surface area contributed by atoms with E-state index in [0.717, 1.165) is 26.0 Å². The van der Waals surface area contributed by atoms with Crippen molar-refractivity contribution in [1.29, 1.82) is 0 Å². The molecule has 0 aliphatic carbocycles. The molecule has 1 unspecified atom stereocenters. The lowest BCUT2D eigenvalue weighted by Gasteiger charge is -2.20. The summed E-state index contributed by atoms with van der Waals surface area (Å²) in [6.07, 6.45) is 2.35. The van der Waals surface area contributed by atoms with Crippen LogP contribution in [0, 0.1) is 0 Å². The molecule has 1 N–H and O–H groups in total. The van der Waals surface area contributed by atoms with Crippen molar-refractivity contribution in [2.75, 3.05) is 32.1 Å². The molecule has 0 saturated carbocycles. The molecular formula is C14H17Cl3N2O2. The molecule has 1 aliphatic rings. The molecule has 1 aromatic carbocycles. The van der Waals surface area contributed by atoms with Crippen molar-refractivity contribution in [2.24, 2.45) is 0 Å². The first-order valence-electron chi connectivity index (χ1n) is 6.70. The van der Waals surface area contributed by atoms with Crippen molar-refractivity contribution >= 4 is 46.4 Å². The van der Waals surface area contributed by atoms with Gasteiger partial charge in [-0.2, -0.15) is 0 Å². The van der Waals surface area contributed by atoms with Gasteiger partial charge in [0.15, 0.2) is 0 Å². The molecule has 7 heteroatoms. The summed E-state index contributed by atoms with van der Waals surface area (Å²) in [7, 11) is 1.89. The van der Waals surface area contributed by atoms with E-state index in [4.69, 9.17) is 39.5 Å². The number of ether oxygens (including phenoxy) is 1. The van der Waals surface area contributed by atoms with Gasteiger partial charge in [0, 0.05) is 13.2 Å². The largest absolute Gasteiger partial charge is 0.377 e. The van der Waals surface area contributed by atoms with E-state index >= 15 is 0 Å². The van der Waals surface area contributed by atoms with Crippen molar-refractivity contribution in [3.63, 3.8) is 0 Å². The second-order valence-electron chi connectivity index (χ2n) is 5.13. The molecule has 21 heavy (non-hydrogen) atoms. The fourth-order valence-corrected chi connectivity index (χ4v) is 2.85. The van der Waals surface area contributed by atoms with Crippen LogP contribution >= 0.6 is 34.8 Å². The molecule has 0 spiro atoms. The second-order valence-corrected chi connectivity index (χ2v) is 6.35. The van der Waals surface area contributed by atoms with Crippen LogP contribution in [-0.2, 0) is 9.53 Å². The van der Waals surface area contributed by atoms with E-state index < -0.39 is 0 Å². The Morgan fingerprint density at radius 1 is 1.33 bits per heavy atom. The third-order valence-corrected chi connectivity index (χ3v) is 4.27. The summed E-state index contributed by atoms with van der Waals surface area (Å²) in [6, 6.07) is 3.06. The van der Waals surface area contributed by atoms with Crippen molar-refractivity contribution in [1.82, 2.24) is 4.90 Å². The molecule has 1 heterocycles. The summed E-state index contributed by atoms with van der Waals surface area (Å²) in [5.74, 6) is -0.157. The summed E-state index contributed by atoms with van der Waals surface area (Å²) in [5, 5.41) is 3.81. The van der Waals surface area contributed by atoms with Crippen LogP contribution in [0.2, 0.25) is 15.1 Å². The number of hydrogen-bond acceptors (Lipinski definition) is 3. The SMILES string of the molecule is CN(CC(=O)Nc1cc(Cl)c(Cl)cc1Cl)CC1CCCO1. The minimum Gasteiger partial charge on any atom is -0.377 e. The lowest BCUT2D eigenvalue weighted by molar-refractivity contribution is -0.117. The van der Waals surface area contributed by atoms with Crippen LogP contribution in [-0.4, -0.2) is 43.7 Å². The molecule has 1 aromatic rings. The van der Waals surface area contributed by atoms with Gasteiger partial charge in [-0.25, -0.2) is 0 Å². The molecule has 4 nitrogen and oxygen atoms in total. The Labute approximate surface area is 139 Å². The van der Waals surface area contributed by atoms with Gasteiger partial charge in [0.2, 0.25) is 5.91 Å². The second kappa shape index (κ2) is 7.65. The van der Waals surface area contributed by atoms with E-state index in [-0.39, 0.29) is 18.6 Å². The average molecular weight is 352 g/mol. The molecule has 0 bridgehead atoms. The number of nitrogens with one attached hydrogen (secondary N) is 1. The first kappa shape index (κ1) is 16.8. The van der Waals surface area contributed by atoms with Crippen LogP contribution < -0.4 is 5.32 Å². The predicted octanol–water partition coefficient (Wildman–Crippen LogP) is 3.70. The van der Waals surface area contributed by atoms with Crippen LogP contribution in [0.25, 0.3) is 0 Å². The Bertz CT molecular complexity index is 519. The summed E-state index contributed by atoms with van der Waals surface area (Å²) in [5.41, 5.74) is 0.460. The van der Waals surface area contributed by atoms with Gasteiger partial charge in [0.25, 0.3) is 0 Å². The molecule has 0 aromatic heterocycles. The van der Waals surface area contributed by atoms with Crippen LogP contribution in [0.3, 0.4) is 0 Å². The Hall–Kier alpha value is -0.520. The standard InChI is InChI=1S/C14H17Cl3N2O2/c1-19(7-9-3-2-4-21-9)8-14(20)18-13-6-11(16)10(15)5-12(13)17/h5-6,9H,2-4,7-8H2,1H3,(H,18,20). The molecule has 2 rings (SSSR count). The van der Waals surface area contributed by atoms with Gasteiger partial charge in [-0.1, -0.05) is 34.8 Å². The lowest BCUT2D eigenvalue weighted by Crippen LogP contribution is -2.35. The maximum Gasteiger partial charge on any atom is 0.238 e. The monoisotopic (exact) mass is 350 g/mol. The minimum atomic E-state index is -0.157. The number of carbonyl (C=O) groups is 1. The summed E-state index contributed by atoms with van der Waals surface area (Å²) >= 11 is 17.8. The zero-order valence-electron chi connectivity index (χ0n) is 11.7. The normalized spacial score (nSPS) is 18.2. The van der Waals surface area contributed by atoms with E-state index in [1.54, 1.807) is 6.07 Å². The first-order chi connectivity index (χ1) is 9.95. The van der Waals surface area contributed by atoms with Crippen molar-refractivity contribution < 1.29 is 9.53 Å². The molecular weight excluding hydrogens is 335 g/mol. The Morgan fingerprint density at radius 3 is 2.71 bits per heavy atom. The lowest BCUT2D eigenvalue weighted by atomic mass is 10.2. The van der Waals surface area contributed by atoms with Gasteiger partial charge >= 0.3 is 0 Å². The maximum atomic E-state index is 12.0. The molecule has 1 aliphatic heterocycles. The van der Waals surface area contributed by atoms with E-state index in [1.165, 1.54) is 6.07 Å². The molecule has 0 radical (unpaired) electrons. The molecule has 1 atom stereocenters. The number of hydrogen-bond donors (Lipinski definition) is 1. The van der Waals surface area contributed by atoms with Gasteiger partial charge in [-0.05, 0) is 32.0 Å². The Kier molecular flexibility index (Phi) is 6.14. The highest BCUT2D eigenvalue weighted by Gasteiger charge is 2.19. The van der Waals surface area contributed by atoms with Crippen molar-refractivity contribution in [3.8, 4) is 0 Å². The number of rotatable bonds is 5. The van der Waals surface area contributed by atoms with Gasteiger partial charge in [-0.15, -0.1) is 0 Å².